The summed E-state index contributed by atoms with van der Waals surface area (Å²) in [4.78, 5) is 12.1. The monoisotopic (exact) mass is 427 g/mol. The summed E-state index contributed by atoms with van der Waals surface area (Å²) < 4.78 is 12.8. The van der Waals surface area contributed by atoms with Crippen molar-refractivity contribution in [1.82, 2.24) is 9.99 Å². The molecule has 1 heterocycles. The number of aryl methyl sites for hydroxylation is 1. The van der Waals surface area contributed by atoms with Crippen molar-refractivity contribution in [3.05, 3.63) is 95.7 Å². The van der Waals surface area contributed by atoms with Crippen LogP contribution < -0.4 is 14.9 Å². The Labute approximate surface area is 187 Å². The summed E-state index contributed by atoms with van der Waals surface area (Å²) in [5.74, 6) is 0.984. The number of hydrazone groups is 1. The van der Waals surface area contributed by atoms with E-state index in [0.29, 0.717) is 5.75 Å². The quantitative estimate of drug-likeness (QED) is 0.332. The second-order valence-electron chi connectivity index (χ2n) is 7.48. The predicted octanol–water partition coefficient (Wildman–Crippen LogP) is 4.54. The van der Waals surface area contributed by atoms with Crippen molar-refractivity contribution in [3.8, 4) is 11.5 Å². The Hall–Kier alpha value is -4.06. The molecule has 4 aromatic rings. The highest BCUT2D eigenvalue weighted by Crippen LogP contribution is 2.21. The molecule has 0 bridgehead atoms. The number of carbonyl (C=O) groups excluding carboxylic acids is 1. The lowest BCUT2D eigenvalue weighted by atomic mass is 10.1. The molecule has 0 aliphatic heterocycles. The number of rotatable bonds is 8. The lowest BCUT2D eigenvalue weighted by molar-refractivity contribution is -0.123. The highest BCUT2D eigenvalue weighted by Gasteiger charge is 2.08. The van der Waals surface area contributed by atoms with Crippen LogP contribution in [0.15, 0.2) is 84.1 Å². The number of hydrogen-bond donors (Lipinski definition) is 1. The number of aromatic nitrogens is 1. The van der Waals surface area contributed by atoms with Gasteiger partial charge in [0.1, 0.15) is 11.5 Å². The van der Waals surface area contributed by atoms with E-state index in [0.717, 1.165) is 28.8 Å². The van der Waals surface area contributed by atoms with Gasteiger partial charge in [-0.15, -0.1) is 0 Å². The fourth-order valence-corrected chi connectivity index (χ4v) is 3.54. The molecule has 4 rings (SSSR count). The average Bonchev–Trinajstić information content (AvgIpc) is 3.15. The summed E-state index contributed by atoms with van der Waals surface area (Å²) in [5.41, 5.74) is 7.05. The van der Waals surface area contributed by atoms with Gasteiger partial charge in [0.2, 0.25) is 0 Å². The van der Waals surface area contributed by atoms with E-state index in [1.807, 2.05) is 12.1 Å². The van der Waals surface area contributed by atoms with Crippen LogP contribution in [-0.4, -0.2) is 30.4 Å². The van der Waals surface area contributed by atoms with Crippen molar-refractivity contribution in [2.24, 2.45) is 5.10 Å². The predicted molar refractivity (Wildman–Crippen MR) is 126 cm³/mol. The second-order valence-corrected chi connectivity index (χ2v) is 7.48. The lowest BCUT2D eigenvalue weighted by Gasteiger charge is -2.06. The minimum absolute atomic E-state index is 0.126. The van der Waals surface area contributed by atoms with Gasteiger partial charge < -0.3 is 14.0 Å². The third-order valence-electron chi connectivity index (χ3n) is 5.08. The summed E-state index contributed by atoms with van der Waals surface area (Å²) in [7, 11) is 1.60. The molecule has 3 aromatic carbocycles. The number of methoxy groups -OCH3 is 1. The van der Waals surface area contributed by atoms with Gasteiger partial charge >= 0.3 is 0 Å². The number of nitrogens with one attached hydrogen (secondary N) is 1. The van der Waals surface area contributed by atoms with Crippen molar-refractivity contribution in [3.63, 3.8) is 0 Å². The normalized spacial score (nSPS) is 11.1. The van der Waals surface area contributed by atoms with Gasteiger partial charge in [0.25, 0.3) is 5.91 Å². The van der Waals surface area contributed by atoms with Gasteiger partial charge in [0, 0.05) is 29.2 Å². The van der Waals surface area contributed by atoms with Crippen molar-refractivity contribution in [1.29, 1.82) is 0 Å². The molecule has 0 unspecified atom stereocenters. The highest BCUT2D eigenvalue weighted by atomic mass is 16.5. The van der Waals surface area contributed by atoms with E-state index < -0.39 is 0 Å². The summed E-state index contributed by atoms with van der Waals surface area (Å²) in [5, 5.41) is 5.20. The van der Waals surface area contributed by atoms with E-state index in [2.05, 4.69) is 64.6 Å². The molecule has 0 radical (unpaired) electrons. The standard InChI is InChI=1S/C26H25N3O3/c1-19-6-5-7-20(14-19)16-29-17-21(24-8-3-4-9-25(24)29)15-27-28-26(30)18-32-23-12-10-22(31-2)11-13-23/h3-15,17H,16,18H2,1-2H3,(H,28,30)/b27-15+. The maximum Gasteiger partial charge on any atom is 0.277 e. The molecular weight excluding hydrogens is 402 g/mol. The van der Waals surface area contributed by atoms with Crippen molar-refractivity contribution >= 4 is 23.0 Å². The van der Waals surface area contributed by atoms with Crippen molar-refractivity contribution in [2.45, 2.75) is 13.5 Å². The van der Waals surface area contributed by atoms with Crippen LogP contribution in [0, 0.1) is 6.92 Å². The number of ether oxygens (including phenoxy) is 2. The third-order valence-corrected chi connectivity index (χ3v) is 5.08. The second kappa shape index (κ2) is 9.83. The Morgan fingerprint density at radius 3 is 2.59 bits per heavy atom. The Morgan fingerprint density at radius 1 is 1.03 bits per heavy atom. The maximum absolute atomic E-state index is 12.1. The molecule has 1 aromatic heterocycles. The van der Waals surface area contributed by atoms with Gasteiger partial charge in [0.15, 0.2) is 6.61 Å². The zero-order valence-electron chi connectivity index (χ0n) is 18.1. The van der Waals surface area contributed by atoms with Gasteiger partial charge in [-0.3, -0.25) is 4.79 Å². The molecule has 0 fully saturated rings. The van der Waals surface area contributed by atoms with E-state index in [-0.39, 0.29) is 12.5 Å². The van der Waals surface area contributed by atoms with Crippen LogP contribution >= 0.6 is 0 Å². The van der Waals surface area contributed by atoms with Crippen LogP contribution in [0.5, 0.6) is 11.5 Å². The molecule has 1 amide bonds. The molecule has 0 aliphatic carbocycles. The zero-order chi connectivity index (χ0) is 22.3. The smallest absolute Gasteiger partial charge is 0.277 e. The Balaban J connectivity index is 1.41. The van der Waals surface area contributed by atoms with E-state index in [4.69, 9.17) is 9.47 Å². The molecule has 0 saturated carbocycles. The van der Waals surface area contributed by atoms with Crippen LogP contribution in [-0.2, 0) is 11.3 Å². The number of carbonyl (C=O) groups is 1. The summed E-state index contributed by atoms with van der Waals surface area (Å²) >= 11 is 0. The first-order chi connectivity index (χ1) is 15.6. The first-order valence-electron chi connectivity index (χ1n) is 10.3. The SMILES string of the molecule is COc1ccc(OCC(=O)N/N=C/c2cn(Cc3cccc(C)c3)c3ccccc23)cc1. The molecule has 1 N–H and O–H groups in total. The molecular formula is C26H25N3O3. The molecule has 32 heavy (non-hydrogen) atoms. The van der Waals surface area contributed by atoms with Crippen LogP contribution in [0.1, 0.15) is 16.7 Å². The van der Waals surface area contributed by atoms with E-state index >= 15 is 0 Å². The van der Waals surface area contributed by atoms with Gasteiger partial charge in [-0.25, -0.2) is 5.43 Å². The molecule has 0 spiro atoms. The number of para-hydroxylation sites is 1. The molecule has 162 valence electrons. The maximum atomic E-state index is 12.1. The Morgan fingerprint density at radius 2 is 1.81 bits per heavy atom. The van der Waals surface area contributed by atoms with E-state index in [1.54, 1.807) is 37.6 Å². The van der Waals surface area contributed by atoms with Crippen LogP contribution in [0.2, 0.25) is 0 Å². The fraction of sp³-hybridized carbons (Fsp3) is 0.154. The number of amides is 1. The number of hydrogen-bond acceptors (Lipinski definition) is 4. The first-order valence-corrected chi connectivity index (χ1v) is 10.3. The summed E-state index contributed by atoms with van der Waals surface area (Å²) in [6, 6.07) is 23.7. The summed E-state index contributed by atoms with van der Waals surface area (Å²) in [6.45, 7) is 2.73. The first kappa shape index (κ1) is 21.2. The third kappa shape index (κ3) is 5.16. The molecule has 0 saturated heterocycles. The number of benzene rings is 3. The highest BCUT2D eigenvalue weighted by molar-refractivity contribution is 5.99. The van der Waals surface area contributed by atoms with Gasteiger partial charge in [-0.2, -0.15) is 5.10 Å². The molecule has 6 nitrogen and oxygen atoms in total. The minimum Gasteiger partial charge on any atom is -0.497 e. The number of nitrogens with zero attached hydrogens (tertiary/aromatic N) is 2. The van der Waals surface area contributed by atoms with Gasteiger partial charge in [-0.1, -0.05) is 48.0 Å². The summed E-state index contributed by atoms with van der Waals surface area (Å²) in [6.07, 6.45) is 3.72. The minimum atomic E-state index is -0.333. The van der Waals surface area contributed by atoms with Crippen LogP contribution in [0.25, 0.3) is 10.9 Å². The van der Waals surface area contributed by atoms with Crippen LogP contribution in [0.4, 0.5) is 0 Å². The molecule has 0 aliphatic rings. The van der Waals surface area contributed by atoms with Crippen LogP contribution in [0.3, 0.4) is 0 Å². The molecule has 6 heteroatoms. The van der Waals surface area contributed by atoms with Crippen molar-refractivity contribution in [2.75, 3.05) is 13.7 Å². The largest absolute Gasteiger partial charge is 0.497 e. The fourth-order valence-electron chi connectivity index (χ4n) is 3.54. The van der Waals surface area contributed by atoms with E-state index in [1.165, 1.54) is 11.1 Å². The number of fused-ring (bicyclic) bond motifs is 1. The van der Waals surface area contributed by atoms with Crippen molar-refractivity contribution < 1.29 is 14.3 Å². The topological polar surface area (TPSA) is 64.8 Å². The van der Waals surface area contributed by atoms with E-state index in [9.17, 15) is 4.79 Å². The average molecular weight is 428 g/mol. The van der Waals surface area contributed by atoms with Gasteiger partial charge in [0.05, 0.1) is 13.3 Å². The Bertz CT molecular complexity index is 1240. The molecule has 0 atom stereocenters. The Kier molecular flexibility index (Phi) is 6.51. The van der Waals surface area contributed by atoms with Gasteiger partial charge in [-0.05, 0) is 42.8 Å². The lowest BCUT2D eigenvalue weighted by Crippen LogP contribution is -2.24. The zero-order valence-corrected chi connectivity index (χ0v) is 18.1.